The first-order valence-corrected chi connectivity index (χ1v) is 37.9. The predicted molar refractivity (Wildman–Crippen MR) is 411 cm³/mol. The topological polar surface area (TPSA) is 152 Å². The second-order valence-corrected chi connectivity index (χ2v) is 30.5. The van der Waals surface area contributed by atoms with Gasteiger partial charge in [-0.25, -0.2) is 14.4 Å². The van der Waals surface area contributed by atoms with Crippen molar-refractivity contribution >= 4 is 58.4 Å². The molecule has 100 heavy (non-hydrogen) atoms. The maximum atomic E-state index is 12.8. The molecule has 6 aliphatic rings. The zero-order valence-electron chi connectivity index (χ0n) is 60.2. The van der Waals surface area contributed by atoms with Gasteiger partial charge in [0.2, 0.25) is 0 Å². The number of urea groups is 3. The van der Waals surface area contributed by atoms with Gasteiger partial charge in [-0.1, -0.05) is 170 Å². The maximum Gasteiger partial charge on any atom is 0.416 e. The lowest BCUT2D eigenvalue weighted by molar-refractivity contribution is -0.137. The van der Waals surface area contributed by atoms with Gasteiger partial charge in [-0.2, -0.15) is 13.2 Å². The van der Waals surface area contributed by atoms with Gasteiger partial charge >= 0.3 is 24.3 Å². The van der Waals surface area contributed by atoms with Gasteiger partial charge in [-0.15, -0.1) is 0 Å². The summed E-state index contributed by atoms with van der Waals surface area (Å²) in [5, 5.41) is 18.6. The molecule has 6 amide bonds. The van der Waals surface area contributed by atoms with Crippen LogP contribution in [0.2, 0.25) is 10.0 Å². The second kappa shape index (κ2) is 38.9. The summed E-state index contributed by atoms with van der Waals surface area (Å²) in [6, 6.07) is 38.1. The fourth-order valence-corrected chi connectivity index (χ4v) is 16.0. The molecule has 3 saturated heterocycles. The lowest BCUT2D eigenvalue weighted by atomic mass is 9.86. The number of carbonyl (C=O) groups is 3. The van der Waals surface area contributed by atoms with Crippen molar-refractivity contribution in [2.45, 2.75) is 185 Å². The van der Waals surface area contributed by atoms with E-state index in [1.165, 1.54) is 120 Å². The minimum absolute atomic E-state index is 0. The van der Waals surface area contributed by atoms with E-state index in [-0.39, 0.29) is 35.3 Å². The molecule has 5 aromatic rings. The normalized spacial score (nSPS) is 19.6. The number of benzene rings is 5. The molecule has 3 atom stereocenters. The number of nitrogens with zero attached hydrogens (tertiary/aromatic N) is 6. The van der Waals surface area contributed by atoms with Crippen LogP contribution in [0, 0.1) is 5.92 Å². The van der Waals surface area contributed by atoms with Crippen LogP contribution in [0.15, 0.2) is 121 Å². The highest BCUT2D eigenvalue weighted by Crippen LogP contribution is 2.34. The molecular formula is C79H121Cl2F3N12O4. The second-order valence-electron chi connectivity index (χ2n) is 29.7. The molecule has 21 heteroatoms. The van der Waals surface area contributed by atoms with Crippen molar-refractivity contribution in [3.63, 3.8) is 0 Å². The van der Waals surface area contributed by atoms with E-state index in [0.29, 0.717) is 59.1 Å². The number of halogens is 5. The highest BCUT2D eigenvalue weighted by atomic mass is 35.5. The summed E-state index contributed by atoms with van der Waals surface area (Å²) in [7, 11) is 1.63. The lowest BCUT2D eigenvalue weighted by Gasteiger charge is -2.43. The fraction of sp³-hybridized carbons (Fsp3) is 0.582. The Hall–Kier alpha value is -6.16. The highest BCUT2D eigenvalue weighted by molar-refractivity contribution is 6.35. The Balaban J connectivity index is 0.000000277. The molecule has 3 saturated carbocycles. The summed E-state index contributed by atoms with van der Waals surface area (Å²) in [5.74, 6) is 1.36. The first-order valence-electron chi connectivity index (χ1n) is 37.2. The Morgan fingerprint density at radius 1 is 0.470 bits per heavy atom. The molecule has 16 nitrogen and oxygen atoms in total. The van der Waals surface area contributed by atoms with Gasteiger partial charge in [0.05, 0.1) is 24.8 Å². The van der Waals surface area contributed by atoms with Crippen LogP contribution in [0.1, 0.15) is 177 Å². The van der Waals surface area contributed by atoms with E-state index in [4.69, 9.17) is 27.9 Å². The molecule has 5 aromatic carbocycles. The number of amides is 6. The van der Waals surface area contributed by atoms with E-state index in [1.807, 2.05) is 30.3 Å². The zero-order chi connectivity index (χ0) is 71.0. The van der Waals surface area contributed by atoms with Crippen LogP contribution in [0.4, 0.5) is 44.6 Å². The maximum absolute atomic E-state index is 12.8. The van der Waals surface area contributed by atoms with Gasteiger partial charge in [-0.3, -0.25) is 29.4 Å². The van der Waals surface area contributed by atoms with Crippen molar-refractivity contribution in [2.24, 2.45) is 5.92 Å². The number of hydrogen-bond acceptors (Lipinski definition) is 10. The number of nitrogens with one attached hydrogen (secondary N) is 6. The van der Waals surface area contributed by atoms with Crippen LogP contribution in [-0.4, -0.2) is 177 Å². The van der Waals surface area contributed by atoms with Gasteiger partial charge < -0.3 is 36.6 Å². The van der Waals surface area contributed by atoms with Crippen molar-refractivity contribution in [1.82, 2.24) is 45.3 Å². The van der Waals surface area contributed by atoms with Crippen LogP contribution in [0.5, 0.6) is 5.75 Å². The van der Waals surface area contributed by atoms with E-state index < -0.39 is 17.8 Å². The van der Waals surface area contributed by atoms with Crippen molar-refractivity contribution in [2.75, 3.05) is 121 Å². The summed E-state index contributed by atoms with van der Waals surface area (Å²) in [6.45, 7) is 25.4. The Morgan fingerprint density at radius 3 is 1.23 bits per heavy atom. The van der Waals surface area contributed by atoms with Crippen molar-refractivity contribution in [1.29, 1.82) is 0 Å². The third kappa shape index (κ3) is 24.8. The number of carbonyl (C=O) groups excluding carboxylic acids is 3. The average Bonchev–Trinajstić information content (AvgIpc) is 0.834. The Kier molecular flexibility index (Phi) is 30.4. The molecule has 0 spiro atoms. The molecule has 3 aliphatic heterocycles. The van der Waals surface area contributed by atoms with Crippen molar-refractivity contribution in [3.05, 3.63) is 154 Å². The third-order valence-electron chi connectivity index (χ3n) is 21.2. The van der Waals surface area contributed by atoms with E-state index in [2.05, 4.69) is 144 Å². The molecule has 3 heterocycles. The molecule has 11 rings (SSSR count). The lowest BCUT2D eigenvalue weighted by Crippen LogP contribution is -2.56. The quantitative estimate of drug-likeness (QED) is 0.0444. The molecule has 3 aliphatic carbocycles. The molecule has 556 valence electrons. The number of anilines is 3. The average molecular weight is 1430 g/mol. The van der Waals surface area contributed by atoms with Crippen LogP contribution in [-0.2, 0) is 11.6 Å². The summed E-state index contributed by atoms with van der Waals surface area (Å²) >= 11 is 12.0. The minimum Gasteiger partial charge on any atom is -0.497 e. The summed E-state index contributed by atoms with van der Waals surface area (Å²) < 4.78 is 43.7. The first-order chi connectivity index (χ1) is 48.1. The molecule has 3 unspecified atom stereocenters. The molecule has 6 N–H and O–H groups in total. The van der Waals surface area contributed by atoms with Gasteiger partial charge in [0.1, 0.15) is 5.75 Å². The zero-order valence-corrected chi connectivity index (χ0v) is 61.7. The fourth-order valence-electron chi connectivity index (χ4n) is 15.5. The van der Waals surface area contributed by atoms with E-state index in [0.717, 1.165) is 126 Å². The number of ether oxygens (including phenoxy) is 1. The van der Waals surface area contributed by atoms with Gasteiger partial charge in [0.15, 0.2) is 0 Å². The number of hydrogen-bond donors (Lipinski definition) is 6. The third-order valence-corrected chi connectivity index (χ3v) is 21.6. The molecule has 0 aromatic heterocycles. The first kappa shape index (κ1) is 78.0. The molecule has 6 fully saturated rings. The van der Waals surface area contributed by atoms with Crippen molar-refractivity contribution < 1.29 is 38.0 Å². The molecular weight excluding hydrogens is 1310 g/mol. The largest absolute Gasteiger partial charge is 0.497 e. The van der Waals surface area contributed by atoms with E-state index >= 15 is 0 Å². The monoisotopic (exact) mass is 1430 g/mol. The van der Waals surface area contributed by atoms with Crippen LogP contribution >= 0.6 is 23.2 Å². The summed E-state index contributed by atoms with van der Waals surface area (Å²) in [4.78, 5) is 53.3. The van der Waals surface area contributed by atoms with E-state index in [1.54, 1.807) is 25.3 Å². The van der Waals surface area contributed by atoms with Gasteiger partial charge in [0.25, 0.3) is 0 Å². The number of rotatable bonds is 20. The van der Waals surface area contributed by atoms with Crippen LogP contribution in [0.25, 0.3) is 0 Å². The summed E-state index contributed by atoms with van der Waals surface area (Å²) in [5.41, 5.74) is 4.65. The SMILES string of the molecule is CC(C)(C)c1ccc(C(CNC(=O)Nc2ccc(C(F)(F)F)cc2)N2CCN(C3CCCCC3)CC2)cc1.CC(C)CC(CNC(=O)Nc1cc(Cl)cc(Cl)c1)N1CCN(C2CCCCC2)CC1.COc1ccc(NC(=O)NCC(c2ccccc2)N2CCN(C3CCCCC3)CC2)cc1.[HH].[HH].[HH].[HH]. The minimum atomic E-state index is -4.41. The summed E-state index contributed by atoms with van der Waals surface area (Å²) in [6.07, 6.45) is 17.0. The Labute approximate surface area is 610 Å². The van der Waals surface area contributed by atoms with Crippen LogP contribution in [0.3, 0.4) is 0 Å². The smallest absolute Gasteiger partial charge is 0.416 e. The van der Waals surface area contributed by atoms with Crippen molar-refractivity contribution in [3.8, 4) is 5.75 Å². The van der Waals surface area contributed by atoms with E-state index in [9.17, 15) is 27.6 Å². The Bertz CT molecular complexity index is 3240. The predicted octanol–water partition coefficient (Wildman–Crippen LogP) is 17.8. The standard InChI is InChI=1S/C30H41F3N4O.C26H36N4O2.C23H36Cl2N4O.4H2/c1-29(2,3)23-11-9-22(10-12-23)27(37-19-17-36(18-20-37)26-7-5-4-6-8-26)21-34-28(38)35-25-15-13-24(14-16-25)30(31,32)33;1-32-24-14-12-22(13-15-24)28-26(31)27-20-25(21-8-4-2-5-9-21)30-18-16-29(17-19-30)23-10-6-3-7-11-23;1-17(2)12-22(16-26-23(30)27-20-14-18(24)13-19(25)15-20)29-10-8-28(9-11-29)21-6-4-3-5-7-21;;;;/h9-16,26-27H,4-8,17-21H2,1-3H3,(H2,34,35,38);2,4-5,8-9,12-15,23,25H,3,6-7,10-11,16-20H2,1H3,(H2,27,28,31);13-15,17,21-22H,3-12,16H2,1-2H3,(H2,26,27,30);4*1H. The number of methoxy groups -OCH3 is 1. The Morgan fingerprint density at radius 2 is 0.840 bits per heavy atom. The molecule has 0 radical (unpaired) electrons. The van der Waals surface area contributed by atoms with Gasteiger partial charge in [-0.05, 0) is 140 Å². The number of piperazine rings is 3. The molecule has 0 bridgehead atoms. The number of alkyl halides is 3. The van der Waals surface area contributed by atoms with Gasteiger partial charge in [0, 0.05) is 155 Å². The van der Waals surface area contributed by atoms with Crippen LogP contribution < -0.4 is 36.6 Å². The highest BCUT2D eigenvalue weighted by Gasteiger charge is 2.34.